The molecule has 0 spiro atoms. The van der Waals surface area contributed by atoms with Gasteiger partial charge in [0.05, 0.1) is 0 Å². The van der Waals surface area contributed by atoms with E-state index in [1.54, 1.807) is 5.56 Å². The van der Waals surface area contributed by atoms with Crippen LogP contribution in [0.25, 0.3) is 18.2 Å². The Morgan fingerprint density at radius 3 is 2.47 bits per heavy atom. The molecule has 0 radical (unpaired) electrons. The minimum Gasteiger partial charge on any atom is -0.0836 e. The predicted octanol–water partition coefficient (Wildman–Crippen LogP) is 3.91. The summed E-state index contributed by atoms with van der Waals surface area (Å²) < 4.78 is 0. The average molecular weight is 254 g/mol. The first-order chi connectivity index (χ1) is 9.42. The summed E-state index contributed by atoms with van der Waals surface area (Å²) in [5.41, 5.74) is 3.04. The number of aryl methyl sites for hydroxylation is 1. The van der Waals surface area contributed by atoms with Gasteiger partial charge in [-0.25, -0.2) is 0 Å². The van der Waals surface area contributed by atoms with Crippen molar-refractivity contribution in [3.05, 3.63) is 39.8 Å². The fourth-order valence-electron chi connectivity index (χ4n) is 2.95. The Kier molecular flexibility index (Phi) is 4.63. The Bertz CT molecular complexity index is 575. The largest absolute Gasteiger partial charge is 0.0836 e. The van der Waals surface area contributed by atoms with Gasteiger partial charge in [0.2, 0.25) is 0 Å². The molecule has 0 N–H and O–H groups in total. The lowest BCUT2D eigenvalue weighted by Crippen LogP contribution is -2.31. The van der Waals surface area contributed by atoms with Gasteiger partial charge in [0.15, 0.2) is 0 Å². The van der Waals surface area contributed by atoms with Crippen LogP contribution in [-0.2, 0) is 6.42 Å². The van der Waals surface area contributed by atoms with E-state index < -0.39 is 0 Å². The topological polar surface area (TPSA) is 0 Å². The second-order valence-electron chi connectivity index (χ2n) is 4.98. The zero-order valence-electron chi connectivity index (χ0n) is 12.7. The summed E-state index contributed by atoms with van der Waals surface area (Å²) in [4.78, 5) is 0. The SMILES string of the molecule is C1=Cc2c(ccc3c2=CC2CC2C=3)CC1.CC.CC. The zero-order valence-corrected chi connectivity index (χ0v) is 12.7. The summed E-state index contributed by atoms with van der Waals surface area (Å²) in [5.74, 6) is 1.72. The summed E-state index contributed by atoms with van der Waals surface area (Å²) in [6, 6.07) is 4.64. The molecule has 0 nitrogen and oxygen atoms in total. The van der Waals surface area contributed by atoms with Crippen molar-refractivity contribution in [1.82, 2.24) is 0 Å². The Morgan fingerprint density at radius 2 is 1.68 bits per heavy atom. The van der Waals surface area contributed by atoms with E-state index in [9.17, 15) is 0 Å². The lowest BCUT2D eigenvalue weighted by molar-refractivity contribution is 0.974. The zero-order chi connectivity index (χ0) is 13.8. The summed E-state index contributed by atoms with van der Waals surface area (Å²) in [7, 11) is 0. The second kappa shape index (κ2) is 6.23. The molecule has 0 bridgehead atoms. The van der Waals surface area contributed by atoms with Crippen LogP contribution in [0.1, 0.15) is 51.7 Å². The molecule has 0 aromatic heterocycles. The molecule has 1 fully saturated rings. The summed E-state index contributed by atoms with van der Waals surface area (Å²) in [6.07, 6.45) is 13.4. The third kappa shape index (κ3) is 2.68. The van der Waals surface area contributed by atoms with E-state index in [0.717, 1.165) is 11.8 Å². The highest BCUT2D eigenvalue weighted by Gasteiger charge is 2.34. The van der Waals surface area contributed by atoms with Gasteiger partial charge in [0.25, 0.3) is 0 Å². The highest BCUT2D eigenvalue weighted by Crippen LogP contribution is 2.42. The smallest absolute Gasteiger partial charge is 0.0149 e. The number of fused-ring (bicyclic) bond motifs is 4. The quantitative estimate of drug-likeness (QED) is 0.658. The Balaban J connectivity index is 0.000000308. The average Bonchev–Trinajstić information content (AvgIpc) is 3.27. The van der Waals surface area contributed by atoms with Crippen molar-refractivity contribution in [3.8, 4) is 0 Å². The molecule has 0 heteroatoms. The number of allylic oxidation sites excluding steroid dienone is 1. The van der Waals surface area contributed by atoms with E-state index in [1.165, 1.54) is 35.3 Å². The van der Waals surface area contributed by atoms with Gasteiger partial charge in [0.1, 0.15) is 0 Å². The molecule has 1 aromatic rings. The van der Waals surface area contributed by atoms with Crippen molar-refractivity contribution in [3.63, 3.8) is 0 Å². The van der Waals surface area contributed by atoms with E-state index >= 15 is 0 Å². The summed E-state index contributed by atoms with van der Waals surface area (Å²) >= 11 is 0. The predicted molar refractivity (Wildman–Crippen MR) is 86.3 cm³/mol. The summed E-state index contributed by atoms with van der Waals surface area (Å²) in [6.45, 7) is 8.00. The van der Waals surface area contributed by atoms with Crippen LogP contribution < -0.4 is 10.4 Å². The van der Waals surface area contributed by atoms with Crippen molar-refractivity contribution >= 4 is 18.2 Å². The van der Waals surface area contributed by atoms with Gasteiger partial charge in [-0.1, -0.05) is 64.1 Å². The maximum absolute atomic E-state index is 2.51. The molecule has 0 heterocycles. The molecule has 2 unspecified atom stereocenters. The molecule has 0 saturated heterocycles. The van der Waals surface area contributed by atoms with Crippen LogP contribution in [0.4, 0.5) is 0 Å². The van der Waals surface area contributed by atoms with E-state index in [0.29, 0.717) is 0 Å². The Morgan fingerprint density at radius 1 is 0.947 bits per heavy atom. The molecule has 0 amide bonds. The summed E-state index contributed by atoms with van der Waals surface area (Å²) in [5, 5.41) is 2.99. The van der Waals surface area contributed by atoms with E-state index in [1.807, 2.05) is 27.7 Å². The first-order valence-electron chi connectivity index (χ1n) is 7.94. The molecule has 1 aromatic carbocycles. The van der Waals surface area contributed by atoms with Gasteiger partial charge in [-0.15, -0.1) is 0 Å². The first-order valence-corrected chi connectivity index (χ1v) is 7.94. The maximum Gasteiger partial charge on any atom is -0.0149 e. The normalized spacial score (nSPS) is 23.8. The lowest BCUT2D eigenvalue weighted by atomic mass is 9.92. The Hall–Kier alpha value is -1.30. The van der Waals surface area contributed by atoms with Gasteiger partial charge < -0.3 is 0 Å². The molecule has 4 rings (SSSR count). The molecule has 102 valence electrons. The van der Waals surface area contributed by atoms with E-state index in [-0.39, 0.29) is 0 Å². The molecule has 3 aliphatic rings. The molecular weight excluding hydrogens is 228 g/mol. The molecule has 3 aliphatic carbocycles. The molecule has 1 saturated carbocycles. The van der Waals surface area contributed by atoms with Crippen molar-refractivity contribution < 1.29 is 0 Å². The number of hydrogen-bond donors (Lipinski definition) is 0. The number of benzene rings is 1. The maximum atomic E-state index is 2.51. The van der Waals surface area contributed by atoms with Gasteiger partial charge in [-0.05, 0) is 52.7 Å². The van der Waals surface area contributed by atoms with Crippen molar-refractivity contribution in [2.75, 3.05) is 0 Å². The van der Waals surface area contributed by atoms with Crippen LogP contribution in [0.5, 0.6) is 0 Å². The van der Waals surface area contributed by atoms with E-state index in [2.05, 4.69) is 36.4 Å². The van der Waals surface area contributed by atoms with Gasteiger partial charge in [-0.2, -0.15) is 0 Å². The first kappa shape index (κ1) is 14.1. The third-order valence-electron chi connectivity index (χ3n) is 3.94. The highest BCUT2D eigenvalue weighted by molar-refractivity contribution is 5.62. The van der Waals surface area contributed by atoms with Crippen LogP contribution in [-0.4, -0.2) is 0 Å². The minimum absolute atomic E-state index is 0.860. The third-order valence-corrected chi connectivity index (χ3v) is 3.94. The van der Waals surface area contributed by atoms with Crippen LogP contribution in [0.2, 0.25) is 0 Å². The van der Waals surface area contributed by atoms with Crippen molar-refractivity contribution in [2.45, 2.75) is 47.0 Å². The lowest BCUT2D eigenvalue weighted by Gasteiger charge is -2.12. The molecule has 19 heavy (non-hydrogen) atoms. The fourth-order valence-corrected chi connectivity index (χ4v) is 2.95. The number of hydrogen-bond acceptors (Lipinski definition) is 0. The standard InChI is InChI=1S/C15H14.2C2H6/c1-2-4-14-10(3-1)5-6-11-7-12-8-13(12)9-15(11)14;2*1-2/h2,4-7,9,12-13H,1,3,8H2;2*1-2H3. The molecule has 0 aliphatic heterocycles. The highest BCUT2D eigenvalue weighted by atomic mass is 14.4. The van der Waals surface area contributed by atoms with E-state index in [4.69, 9.17) is 0 Å². The second-order valence-corrected chi connectivity index (χ2v) is 4.98. The van der Waals surface area contributed by atoms with Crippen LogP contribution in [0.15, 0.2) is 18.2 Å². The van der Waals surface area contributed by atoms with Gasteiger partial charge in [0, 0.05) is 0 Å². The monoisotopic (exact) mass is 254 g/mol. The molecular formula is C19H26. The molecule has 2 atom stereocenters. The van der Waals surface area contributed by atoms with Crippen LogP contribution in [0.3, 0.4) is 0 Å². The number of rotatable bonds is 0. The van der Waals surface area contributed by atoms with Gasteiger partial charge in [-0.3, -0.25) is 0 Å². The van der Waals surface area contributed by atoms with Crippen LogP contribution in [0, 0.1) is 11.8 Å². The van der Waals surface area contributed by atoms with Crippen molar-refractivity contribution in [1.29, 1.82) is 0 Å². The van der Waals surface area contributed by atoms with Gasteiger partial charge >= 0.3 is 0 Å². The minimum atomic E-state index is 0.860. The van der Waals surface area contributed by atoms with Crippen molar-refractivity contribution in [2.24, 2.45) is 11.8 Å². The Labute approximate surface area is 117 Å². The fraction of sp³-hybridized carbons (Fsp3) is 0.474. The van der Waals surface area contributed by atoms with Crippen LogP contribution >= 0.6 is 0 Å².